The van der Waals surface area contributed by atoms with Gasteiger partial charge in [-0.3, -0.25) is 19.5 Å². The van der Waals surface area contributed by atoms with Crippen LogP contribution in [0.15, 0.2) is 47.6 Å². The average Bonchev–Trinajstić information content (AvgIpc) is 2.93. The standard InChI is InChI=1S/C22H21F3N4O3S/c23-22(24,25)15-6-5-7-16(12-15)28-19-9-8-17(29(31)32)13-18(19)26-21(28)33-14-20(30)27-10-3-1-2-4-11-27/h5-9,12-13H,1-4,10-11,14H2. The van der Waals surface area contributed by atoms with Crippen LogP contribution in [0.4, 0.5) is 18.9 Å². The molecule has 2 heterocycles. The Morgan fingerprint density at radius 1 is 1.09 bits per heavy atom. The van der Waals surface area contributed by atoms with Gasteiger partial charge in [0.2, 0.25) is 5.91 Å². The van der Waals surface area contributed by atoms with E-state index in [-0.39, 0.29) is 28.6 Å². The molecule has 0 saturated carbocycles. The predicted molar refractivity (Wildman–Crippen MR) is 118 cm³/mol. The Balaban J connectivity index is 1.72. The fraction of sp³-hybridized carbons (Fsp3) is 0.364. The zero-order valence-corrected chi connectivity index (χ0v) is 18.4. The number of amides is 1. The van der Waals surface area contributed by atoms with E-state index in [1.165, 1.54) is 34.9 Å². The largest absolute Gasteiger partial charge is 0.416 e. The number of imidazole rings is 1. The van der Waals surface area contributed by atoms with Crippen molar-refractivity contribution in [2.75, 3.05) is 18.8 Å². The highest BCUT2D eigenvalue weighted by atomic mass is 32.2. The molecular weight excluding hydrogens is 457 g/mol. The number of carbonyl (C=O) groups excluding carboxylic acids is 1. The van der Waals surface area contributed by atoms with Crippen LogP contribution in [-0.4, -0.2) is 44.1 Å². The van der Waals surface area contributed by atoms with Crippen molar-refractivity contribution in [2.45, 2.75) is 37.0 Å². The second-order valence-corrected chi connectivity index (χ2v) is 8.73. The number of fused-ring (bicyclic) bond motifs is 1. The Morgan fingerprint density at radius 3 is 2.48 bits per heavy atom. The number of thioether (sulfide) groups is 1. The summed E-state index contributed by atoms with van der Waals surface area (Å²) >= 11 is 1.11. The highest BCUT2D eigenvalue weighted by Crippen LogP contribution is 2.34. The van der Waals surface area contributed by atoms with E-state index in [4.69, 9.17) is 0 Å². The molecule has 1 saturated heterocycles. The van der Waals surface area contributed by atoms with Crippen LogP contribution in [0.5, 0.6) is 0 Å². The van der Waals surface area contributed by atoms with Crippen LogP contribution >= 0.6 is 11.8 Å². The summed E-state index contributed by atoms with van der Waals surface area (Å²) in [5.41, 5.74) is -0.0874. The number of aromatic nitrogens is 2. The van der Waals surface area contributed by atoms with Crippen LogP contribution in [0.3, 0.4) is 0 Å². The van der Waals surface area contributed by atoms with E-state index >= 15 is 0 Å². The van der Waals surface area contributed by atoms with E-state index in [1.807, 2.05) is 4.90 Å². The quantitative estimate of drug-likeness (QED) is 0.277. The Bertz CT molecular complexity index is 1190. The van der Waals surface area contributed by atoms with Gasteiger partial charge in [0.25, 0.3) is 5.69 Å². The van der Waals surface area contributed by atoms with Gasteiger partial charge in [0.15, 0.2) is 5.16 Å². The van der Waals surface area contributed by atoms with Gasteiger partial charge in [0.1, 0.15) is 0 Å². The van der Waals surface area contributed by atoms with Crippen LogP contribution in [0.1, 0.15) is 31.2 Å². The van der Waals surface area contributed by atoms with Gasteiger partial charge in [-0.1, -0.05) is 30.7 Å². The number of benzene rings is 2. The van der Waals surface area contributed by atoms with E-state index in [9.17, 15) is 28.1 Å². The normalized spacial score (nSPS) is 14.9. The molecule has 0 bridgehead atoms. The zero-order valence-electron chi connectivity index (χ0n) is 17.5. The van der Waals surface area contributed by atoms with Crippen molar-refractivity contribution in [3.8, 4) is 5.69 Å². The molecule has 0 atom stereocenters. The third kappa shape index (κ3) is 5.13. The Hall–Kier alpha value is -3.08. The maximum Gasteiger partial charge on any atom is 0.416 e. The van der Waals surface area contributed by atoms with Crippen molar-refractivity contribution < 1.29 is 22.9 Å². The number of hydrogen-bond donors (Lipinski definition) is 0. The van der Waals surface area contributed by atoms with E-state index < -0.39 is 16.7 Å². The van der Waals surface area contributed by atoms with Gasteiger partial charge in [0.05, 0.1) is 27.3 Å². The lowest BCUT2D eigenvalue weighted by molar-refractivity contribution is -0.384. The molecule has 1 aromatic heterocycles. The topological polar surface area (TPSA) is 81.3 Å². The molecule has 0 aliphatic carbocycles. The summed E-state index contributed by atoms with van der Waals surface area (Å²) in [6, 6.07) is 8.81. The number of carbonyl (C=O) groups is 1. The average molecular weight is 478 g/mol. The Morgan fingerprint density at radius 2 is 1.82 bits per heavy atom. The molecule has 7 nitrogen and oxygen atoms in total. The van der Waals surface area contributed by atoms with Crippen molar-refractivity contribution in [3.63, 3.8) is 0 Å². The first-order valence-corrected chi connectivity index (χ1v) is 11.5. The zero-order chi connectivity index (χ0) is 23.6. The molecule has 0 radical (unpaired) electrons. The number of halogens is 3. The summed E-state index contributed by atoms with van der Waals surface area (Å²) < 4.78 is 41.4. The number of hydrogen-bond acceptors (Lipinski definition) is 5. The summed E-state index contributed by atoms with van der Waals surface area (Å²) in [6.07, 6.45) is -0.463. The van der Waals surface area contributed by atoms with Crippen molar-refractivity contribution in [2.24, 2.45) is 0 Å². The number of alkyl halides is 3. The van der Waals surface area contributed by atoms with Gasteiger partial charge in [-0.05, 0) is 37.1 Å². The lowest BCUT2D eigenvalue weighted by atomic mass is 10.2. The number of nitro groups is 1. The summed E-state index contributed by atoms with van der Waals surface area (Å²) in [4.78, 5) is 29.6. The molecule has 11 heteroatoms. The molecule has 0 unspecified atom stereocenters. The minimum atomic E-state index is -4.53. The number of non-ortho nitro benzene ring substituents is 1. The van der Waals surface area contributed by atoms with Crippen LogP contribution in [0, 0.1) is 10.1 Å². The monoisotopic (exact) mass is 478 g/mol. The number of nitro benzene ring substituents is 1. The summed E-state index contributed by atoms with van der Waals surface area (Å²) in [7, 11) is 0. The minimum Gasteiger partial charge on any atom is -0.342 e. The molecule has 0 N–H and O–H groups in total. The van der Waals surface area contributed by atoms with Crippen molar-refractivity contribution in [3.05, 3.63) is 58.1 Å². The van der Waals surface area contributed by atoms with Gasteiger partial charge in [-0.25, -0.2) is 4.98 Å². The van der Waals surface area contributed by atoms with Crippen LogP contribution in [0.2, 0.25) is 0 Å². The highest BCUT2D eigenvalue weighted by molar-refractivity contribution is 7.99. The fourth-order valence-electron chi connectivity index (χ4n) is 3.87. The molecule has 2 aromatic carbocycles. The first-order chi connectivity index (χ1) is 15.7. The summed E-state index contributed by atoms with van der Waals surface area (Å²) in [6.45, 7) is 1.38. The molecule has 0 spiro atoms. The summed E-state index contributed by atoms with van der Waals surface area (Å²) in [5, 5.41) is 11.5. The smallest absolute Gasteiger partial charge is 0.342 e. The van der Waals surface area contributed by atoms with Crippen molar-refractivity contribution in [1.29, 1.82) is 0 Å². The molecule has 1 amide bonds. The Kier molecular flexibility index (Phi) is 6.59. The maximum atomic E-state index is 13.3. The van der Waals surface area contributed by atoms with Gasteiger partial charge < -0.3 is 4.90 Å². The molecule has 1 fully saturated rings. The van der Waals surface area contributed by atoms with E-state index in [2.05, 4.69) is 4.98 Å². The third-order valence-electron chi connectivity index (χ3n) is 5.53. The maximum absolute atomic E-state index is 13.3. The molecule has 174 valence electrons. The Labute approximate surface area is 191 Å². The van der Waals surface area contributed by atoms with Gasteiger partial charge >= 0.3 is 6.18 Å². The molecule has 3 aromatic rings. The minimum absolute atomic E-state index is 0.0597. The first kappa shape index (κ1) is 23.1. The third-order valence-corrected chi connectivity index (χ3v) is 6.46. The molecular formula is C22H21F3N4O3S. The number of rotatable bonds is 5. The van der Waals surface area contributed by atoms with E-state index in [0.717, 1.165) is 49.6 Å². The molecule has 4 rings (SSSR count). The van der Waals surface area contributed by atoms with Gasteiger partial charge in [-0.15, -0.1) is 0 Å². The molecule has 1 aliphatic rings. The SMILES string of the molecule is O=C(CSc1nc2cc([N+](=O)[O-])ccc2n1-c1cccc(C(F)(F)F)c1)N1CCCCCC1. The second kappa shape index (κ2) is 9.42. The predicted octanol–water partition coefficient (Wildman–Crippen LogP) is 5.45. The number of nitrogens with zero attached hydrogens (tertiary/aromatic N) is 4. The van der Waals surface area contributed by atoms with Gasteiger partial charge in [0, 0.05) is 30.9 Å². The number of likely N-dealkylation sites (tertiary alicyclic amines) is 1. The molecule has 33 heavy (non-hydrogen) atoms. The van der Waals surface area contributed by atoms with Crippen molar-refractivity contribution >= 4 is 34.4 Å². The fourth-order valence-corrected chi connectivity index (χ4v) is 4.80. The lowest BCUT2D eigenvalue weighted by Gasteiger charge is -2.20. The lowest BCUT2D eigenvalue weighted by Crippen LogP contribution is -2.33. The van der Waals surface area contributed by atoms with Crippen LogP contribution in [0.25, 0.3) is 16.7 Å². The van der Waals surface area contributed by atoms with Crippen LogP contribution < -0.4 is 0 Å². The second-order valence-electron chi connectivity index (χ2n) is 7.79. The first-order valence-electron chi connectivity index (χ1n) is 10.5. The van der Waals surface area contributed by atoms with Crippen molar-refractivity contribution in [1.82, 2.24) is 14.5 Å². The summed E-state index contributed by atoms with van der Waals surface area (Å²) in [5.74, 6) is 0.0141. The molecule has 1 aliphatic heterocycles. The highest BCUT2D eigenvalue weighted by Gasteiger charge is 2.31. The van der Waals surface area contributed by atoms with E-state index in [1.54, 1.807) is 0 Å². The van der Waals surface area contributed by atoms with Gasteiger partial charge in [-0.2, -0.15) is 13.2 Å². The van der Waals surface area contributed by atoms with Crippen LogP contribution in [-0.2, 0) is 11.0 Å². The van der Waals surface area contributed by atoms with E-state index in [0.29, 0.717) is 23.8 Å².